The van der Waals surface area contributed by atoms with Crippen molar-refractivity contribution in [3.8, 4) is 0 Å². The molecule has 0 spiro atoms. The molecule has 0 aromatic rings. The zero-order valence-corrected chi connectivity index (χ0v) is 7.18. The topological polar surface area (TPSA) is 106 Å². The first kappa shape index (κ1) is 17.0. The molecule has 0 aliphatic rings. The van der Waals surface area contributed by atoms with Gasteiger partial charge in [0, 0.05) is 18.4 Å². The van der Waals surface area contributed by atoms with Crippen molar-refractivity contribution in [2.24, 2.45) is 5.73 Å². The van der Waals surface area contributed by atoms with Crippen molar-refractivity contribution < 1.29 is 36.9 Å². The van der Waals surface area contributed by atoms with Crippen molar-refractivity contribution in [1.82, 2.24) is 0 Å². The molecule has 0 bridgehead atoms. The Morgan fingerprint density at radius 3 is 1.82 bits per heavy atom. The molecule has 0 aliphatic carbocycles. The van der Waals surface area contributed by atoms with Gasteiger partial charge in [0.1, 0.15) is 0 Å². The van der Waals surface area contributed by atoms with Crippen LogP contribution >= 0.6 is 12.4 Å². The predicted molar refractivity (Wildman–Crippen MR) is 29.9 cm³/mol. The summed E-state index contributed by atoms with van der Waals surface area (Å²) < 4.78 is 0. The van der Waals surface area contributed by atoms with Gasteiger partial charge in [-0.25, -0.2) is 0 Å². The Bertz CT molecular complexity index is 142. The first-order chi connectivity index (χ1) is 4.04. The Balaban J connectivity index is -0.000000320. The van der Waals surface area contributed by atoms with Gasteiger partial charge >= 0.3 is 17.1 Å². The van der Waals surface area contributed by atoms with Gasteiger partial charge in [0.15, 0.2) is 0 Å². The second-order valence-electron chi connectivity index (χ2n) is 1.50. The van der Waals surface area contributed by atoms with Gasteiger partial charge in [-0.15, -0.1) is 12.4 Å². The van der Waals surface area contributed by atoms with E-state index in [1.165, 1.54) is 0 Å². The van der Waals surface area contributed by atoms with Crippen molar-refractivity contribution in [3.63, 3.8) is 0 Å². The van der Waals surface area contributed by atoms with Crippen LogP contribution < -0.4 is 15.9 Å². The molecule has 2 N–H and O–H groups in total. The SMILES string of the molecule is Cl.NC(CC(=O)[O-])C(=O)[O-].[Fe+2]. The summed E-state index contributed by atoms with van der Waals surface area (Å²) in [5.41, 5.74) is 4.73. The predicted octanol–water partition coefficient (Wildman–Crippen LogP) is -3.38. The van der Waals surface area contributed by atoms with E-state index in [1.807, 2.05) is 0 Å². The summed E-state index contributed by atoms with van der Waals surface area (Å²) in [6.45, 7) is 0. The van der Waals surface area contributed by atoms with Crippen LogP contribution in [0.1, 0.15) is 6.42 Å². The maximum atomic E-state index is 9.71. The zero-order valence-electron chi connectivity index (χ0n) is 5.26. The number of halogens is 1. The summed E-state index contributed by atoms with van der Waals surface area (Å²) in [5, 5.41) is 19.3. The van der Waals surface area contributed by atoms with Gasteiger partial charge in [-0.05, 0) is 0 Å². The number of rotatable bonds is 3. The summed E-state index contributed by atoms with van der Waals surface area (Å²) in [6, 6.07) is -1.46. The fourth-order valence-corrected chi connectivity index (χ4v) is 0.263. The van der Waals surface area contributed by atoms with Crippen molar-refractivity contribution >= 4 is 24.3 Å². The molecule has 0 radical (unpaired) electrons. The third-order valence-electron chi connectivity index (χ3n) is 0.689. The van der Waals surface area contributed by atoms with E-state index in [-0.39, 0.29) is 29.5 Å². The summed E-state index contributed by atoms with van der Waals surface area (Å²) in [6.07, 6.45) is -0.706. The molecular formula is C4H6ClFeNO4. The molecule has 7 heteroatoms. The summed E-state index contributed by atoms with van der Waals surface area (Å²) in [5.74, 6) is -3.08. The monoisotopic (exact) mass is 223 g/mol. The average molecular weight is 223 g/mol. The van der Waals surface area contributed by atoms with Crippen molar-refractivity contribution in [2.45, 2.75) is 12.5 Å². The summed E-state index contributed by atoms with van der Waals surface area (Å²) in [4.78, 5) is 19.3. The van der Waals surface area contributed by atoms with E-state index in [9.17, 15) is 19.8 Å². The summed E-state index contributed by atoms with van der Waals surface area (Å²) in [7, 11) is 0. The van der Waals surface area contributed by atoms with Crippen molar-refractivity contribution in [3.05, 3.63) is 0 Å². The number of nitrogens with two attached hydrogens (primary N) is 1. The molecule has 0 saturated heterocycles. The number of carboxylic acids is 2. The average Bonchev–Trinajstić information content (AvgIpc) is 1.63. The molecule has 0 saturated carbocycles. The first-order valence-electron chi connectivity index (χ1n) is 2.20. The zero-order chi connectivity index (χ0) is 7.44. The Labute approximate surface area is 79.8 Å². The van der Waals surface area contributed by atoms with E-state index in [0.717, 1.165) is 0 Å². The van der Waals surface area contributed by atoms with E-state index >= 15 is 0 Å². The molecule has 0 aliphatic heterocycles. The van der Waals surface area contributed by atoms with Gasteiger partial charge in [0.25, 0.3) is 0 Å². The van der Waals surface area contributed by atoms with Crippen LogP contribution in [0.15, 0.2) is 0 Å². The van der Waals surface area contributed by atoms with Crippen LogP contribution in [0.4, 0.5) is 0 Å². The molecule has 5 nitrogen and oxygen atoms in total. The van der Waals surface area contributed by atoms with E-state index < -0.39 is 24.4 Å². The van der Waals surface area contributed by atoms with Gasteiger partial charge in [-0.2, -0.15) is 0 Å². The Kier molecular flexibility index (Phi) is 12.1. The van der Waals surface area contributed by atoms with Crippen molar-refractivity contribution in [1.29, 1.82) is 0 Å². The minimum atomic E-state index is -1.58. The van der Waals surface area contributed by atoms with Crippen LogP contribution in [0.3, 0.4) is 0 Å². The molecule has 0 aromatic carbocycles. The number of hydrogen-bond donors (Lipinski definition) is 1. The largest absolute Gasteiger partial charge is 2.00 e. The molecular weight excluding hydrogens is 217 g/mol. The Morgan fingerprint density at radius 2 is 1.73 bits per heavy atom. The molecule has 0 amide bonds. The Hall–Kier alpha value is -0.291. The van der Waals surface area contributed by atoms with Gasteiger partial charge in [0.05, 0.1) is 5.97 Å². The molecule has 0 rings (SSSR count). The third kappa shape index (κ3) is 9.71. The van der Waals surface area contributed by atoms with Crippen LogP contribution in [0.2, 0.25) is 0 Å². The van der Waals surface area contributed by atoms with Gasteiger partial charge in [-0.3, -0.25) is 0 Å². The fourth-order valence-electron chi connectivity index (χ4n) is 0.263. The van der Waals surface area contributed by atoms with Crippen LogP contribution in [0.25, 0.3) is 0 Å². The van der Waals surface area contributed by atoms with Crippen LogP contribution in [0.5, 0.6) is 0 Å². The number of carboxylic acid groups (broad SMARTS) is 2. The maximum Gasteiger partial charge on any atom is 2.00 e. The van der Waals surface area contributed by atoms with Gasteiger partial charge < -0.3 is 25.5 Å². The fraction of sp³-hybridized carbons (Fsp3) is 0.500. The molecule has 0 heterocycles. The standard InChI is InChI=1S/C4H7NO4.ClH.Fe/c5-2(4(8)9)1-3(6)7;;/h2H,1,5H2,(H,6,7)(H,8,9);1H;/q;;+2/p-2. The van der Waals surface area contributed by atoms with E-state index in [4.69, 9.17) is 5.73 Å². The maximum absolute atomic E-state index is 9.71. The second kappa shape index (κ2) is 7.81. The molecule has 0 aromatic heterocycles. The quantitative estimate of drug-likeness (QED) is 0.503. The number of carbonyl (C=O) groups is 2. The number of aliphatic carboxylic acids is 2. The normalized spacial score (nSPS) is 10.3. The van der Waals surface area contributed by atoms with Crippen LogP contribution in [-0.4, -0.2) is 18.0 Å². The van der Waals surface area contributed by atoms with Crippen molar-refractivity contribution in [2.75, 3.05) is 0 Å². The second-order valence-corrected chi connectivity index (χ2v) is 1.50. The van der Waals surface area contributed by atoms with Crippen LogP contribution in [0, 0.1) is 0 Å². The van der Waals surface area contributed by atoms with E-state index in [0.29, 0.717) is 0 Å². The summed E-state index contributed by atoms with van der Waals surface area (Å²) >= 11 is 0. The minimum absolute atomic E-state index is 0. The van der Waals surface area contributed by atoms with Gasteiger partial charge in [0.2, 0.25) is 0 Å². The smallest absolute Gasteiger partial charge is 0.550 e. The minimum Gasteiger partial charge on any atom is -0.550 e. The molecule has 1 atom stereocenters. The van der Waals surface area contributed by atoms with Crippen LogP contribution in [-0.2, 0) is 26.7 Å². The first-order valence-corrected chi connectivity index (χ1v) is 2.20. The Morgan fingerprint density at radius 1 is 1.36 bits per heavy atom. The van der Waals surface area contributed by atoms with E-state index in [2.05, 4.69) is 0 Å². The molecule has 0 fully saturated rings. The molecule has 11 heavy (non-hydrogen) atoms. The molecule has 66 valence electrons. The van der Waals surface area contributed by atoms with E-state index in [1.54, 1.807) is 0 Å². The molecule has 1 unspecified atom stereocenters. The number of hydrogen-bond acceptors (Lipinski definition) is 5. The third-order valence-corrected chi connectivity index (χ3v) is 0.689. The number of carbonyl (C=O) groups excluding carboxylic acids is 2. The van der Waals surface area contributed by atoms with Gasteiger partial charge in [-0.1, -0.05) is 0 Å².